The summed E-state index contributed by atoms with van der Waals surface area (Å²) in [6.07, 6.45) is 3.82. The Morgan fingerprint density at radius 2 is 2.00 bits per heavy atom. The summed E-state index contributed by atoms with van der Waals surface area (Å²) >= 11 is 3.12. The predicted molar refractivity (Wildman–Crippen MR) is 61.9 cm³/mol. The Labute approximate surface area is 104 Å². The van der Waals surface area contributed by atoms with Crippen LogP contribution in [0.1, 0.15) is 10.5 Å². The molecule has 0 fully saturated rings. The van der Waals surface area contributed by atoms with Gasteiger partial charge in [-0.15, -0.1) is 0 Å². The van der Waals surface area contributed by atoms with Crippen LogP contribution in [0.15, 0.2) is 35.3 Å². The lowest BCUT2D eigenvalue weighted by atomic mass is 10.3. The van der Waals surface area contributed by atoms with E-state index in [0.717, 1.165) is 12.3 Å². The molecule has 5 nitrogen and oxygen atoms in total. The van der Waals surface area contributed by atoms with Gasteiger partial charge < -0.3 is 5.32 Å². The summed E-state index contributed by atoms with van der Waals surface area (Å²) in [7, 11) is 0. The zero-order valence-corrected chi connectivity index (χ0v) is 9.98. The van der Waals surface area contributed by atoms with Crippen molar-refractivity contribution in [2.45, 2.75) is 0 Å². The Hall–Kier alpha value is -1.89. The number of carbonyl (C=O) groups excluding carboxylic acids is 1. The molecule has 0 aliphatic rings. The lowest BCUT2D eigenvalue weighted by molar-refractivity contribution is 0.102. The number of halogens is 2. The van der Waals surface area contributed by atoms with Gasteiger partial charge in [-0.2, -0.15) is 0 Å². The van der Waals surface area contributed by atoms with E-state index in [1.807, 2.05) is 0 Å². The molecule has 2 aromatic heterocycles. The van der Waals surface area contributed by atoms with Crippen molar-refractivity contribution in [3.63, 3.8) is 0 Å². The number of carbonyl (C=O) groups is 1. The third kappa shape index (κ3) is 3.04. The van der Waals surface area contributed by atoms with Gasteiger partial charge in [-0.25, -0.2) is 19.3 Å². The number of rotatable bonds is 2. The standard InChI is InChI=1S/C10H6BrFN4O/c11-8-4-15-9(5-14-8)16-10(17)7-2-1-6(12)3-13-7/h1-5H,(H,15,16,17). The van der Waals surface area contributed by atoms with Crippen molar-refractivity contribution in [2.24, 2.45) is 0 Å². The summed E-state index contributed by atoms with van der Waals surface area (Å²) in [6, 6.07) is 2.45. The van der Waals surface area contributed by atoms with E-state index in [4.69, 9.17) is 0 Å². The molecule has 0 bridgehead atoms. The number of anilines is 1. The van der Waals surface area contributed by atoms with E-state index in [1.54, 1.807) is 0 Å². The summed E-state index contributed by atoms with van der Waals surface area (Å²) in [5, 5.41) is 2.49. The van der Waals surface area contributed by atoms with Gasteiger partial charge in [0.2, 0.25) is 0 Å². The molecule has 0 aliphatic heterocycles. The normalized spacial score (nSPS) is 10.0. The number of pyridine rings is 1. The quantitative estimate of drug-likeness (QED) is 0.921. The maximum absolute atomic E-state index is 12.6. The number of nitrogens with zero attached hydrogens (tertiary/aromatic N) is 3. The number of hydrogen-bond donors (Lipinski definition) is 1. The zero-order valence-electron chi connectivity index (χ0n) is 8.39. The molecule has 0 aromatic carbocycles. The number of hydrogen-bond acceptors (Lipinski definition) is 4. The van der Waals surface area contributed by atoms with Gasteiger partial charge in [-0.1, -0.05) is 0 Å². The topological polar surface area (TPSA) is 67.8 Å². The van der Waals surface area contributed by atoms with Crippen molar-refractivity contribution in [2.75, 3.05) is 5.32 Å². The first-order valence-electron chi connectivity index (χ1n) is 4.55. The van der Waals surface area contributed by atoms with Gasteiger partial charge in [0.15, 0.2) is 5.82 Å². The Morgan fingerprint density at radius 1 is 1.18 bits per heavy atom. The first kappa shape index (κ1) is 11.6. The first-order chi connectivity index (χ1) is 8.15. The average Bonchev–Trinajstić information content (AvgIpc) is 2.33. The van der Waals surface area contributed by atoms with Crippen LogP contribution in [0.4, 0.5) is 10.2 Å². The minimum Gasteiger partial charge on any atom is -0.304 e. The van der Waals surface area contributed by atoms with Gasteiger partial charge in [-0.05, 0) is 28.1 Å². The minimum absolute atomic E-state index is 0.108. The van der Waals surface area contributed by atoms with Crippen LogP contribution in [0.2, 0.25) is 0 Å². The zero-order chi connectivity index (χ0) is 12.3. The molecule has 2 aromatic rings. The van der Waals surface area contributed by atoms with E-state index in [0.29, 0.717) is 10.4 Å². The Balaban J connectivity index is 2.11. The highest BCUT2D eigenvalue weighted by Gasteiger charge is 2.08. The number of nitrogens with one attached hydrogen (secondary N) is 1. The van der Waals surface area contributed by atoms with Crippen LogP contribution in [0, 0.1) is 5.82 Å². The van der Waals surface area contributed by atoms with Crippen molar-refractivity contribution in [3.05, 3.63) is 46.8 Å². The van der Waals surface area contributed by atoms with Gasteiger partial charge in [-0.3, -0.25) is 4.79 Å². The molecule has 0 aliphatic carbocycles. The predicted octanol–water partition coefficient (Wildman–Crippen LogP) is 2.03. The largest absolute Gasteiger partial charge is 0.304 e. The Kier molecular flexibility index (Phi) is 3.38. The van der Waals surface area contributed by atoms with Gasteiger partial charge >= 0.3 is 0 Å². The maximum Gasteiger partial charge on any atom is 0.275 e. The van der Waals surface area contributed by atoms with Gasteiger partial charge in [0.25, 0.3) is 5.91 Å². The van der Waals surface area contributed by atoms with Gasteiger partial charge in [0, 0.05) is 0 Å². The summed E-state index contributed by atoms with van der Waals surface area (Å²) in [5.74, 6) is -0.670. The van der Waals surface area contributed by atoms with E-state index >= 15 is 0 Å². The molecule has 17 heavy (non-hydrogen) atoms. The minimum atomic E-state index is -0.495. The monoisotopic (exact) mass is 296 g/mol. The van der Waals surface area contributed by atoms with Gasteiger partial charge in [0.1, 0.15) is 16.1 Å². The lowest BCUT2D eigenvalue weighted by Gasteiger charge is -2.02. The Morgan fingerprint density at radius 3 is 2.59 bits per heavy atom. The van der Waals surface area contributed by atoms with Crippen LogP contribution < -0.4 is 5.32 Å². The van der Waals surface area contributed by atoms with E-state index in [9.17, 15) is 9.18 Å². The van der Waals surface area contributed by atoms with E-state index in [-0.39, 0.29) is 5.69 Å². The molecule has 0 saturated heterocycles. The Bertz CT molecular complexity index is 529. The fourth-order valence-electron chi connectivity index (χ4n) is 1.07. The highest BCUT2D eigenvalue weighted by Crippen LogP contribution is 2.07. The SMILES string of the molecule is O=C(Nc1cnc(Br)cn1)c1ccc(F)cn1. The molecule has 0 saturated carbocycles. The fourth-order valence-corrected chi connectivity index (χ4v) is 1.27. The molecule has 0 atom stereocenters. The first-order valence-corrected chi connectivity index (χ1v) is 5.35. The second-order valence-electron chi connectivity index (χ2n) is 3.04. The summed E-state index contributed by atoms with van der Waals surface area (Å²) in [4.78, 5) is 23.1. The molecule has 1 N–H and O–H groups in total. The van der Waals surface area contributed by atoms with Crippen molar-refractivity contribution in [1.29, 1.82) is 0 Å². The average molecular weight is 297 g/mol. The molecule has 0 spiro atoms. The van der Waals surface area contributed by atoms with Crippen LogP contribution >= 0.6 is 15.9 Å². The van der Waals surface area contributed by atoms with E-state index in [1.165, 1.54) is 18.5 Å². The molecule has 86 valence electrons. The molecule has 0 radical (unpaired) electrons. The van der Waals surface area contributed by atoms with Crippen LogP contribution in [0.5, 0.6) is 0 Å². The molecular weight excluding hydrogens is 291 g/mol. The van der Waals surface area contributed by atoms with Crippen LogP contribution in [-0.4, -0.2) is 20.9 Å². The highest BCUT2D eigenvalue weighted by atomic mass is 79.9. The van der Waals surface area contributed by atoms with E-state index in [2.05, 4.69) is 36.2 Å². The van der Waals surface area contributed by atoms with Crippen molar-refractivity contribution < 1.29 is 9.18 Å². The molecule has 7 heteroatoms. The smallest absolute Gasteiger partial charge is 0.275 e. The van der Waals surface area contributed by atoms with Crippen molar-refractivity contribution in [1.82, 2.24) is 15.0 Å². The van der Waals surface area contributed by atoms with Gasteiger partial charge in [0.05, 0.1) is 18.6 Å². The van der Waals surface area contributed by atoms with Crippen molar-refractivity contribution in [3.8, 4) is 0 Å². The molecule has 1 amide bonds. The van der Waals surface area contributed by atoms with Crippen molar-refractivity contribution >= 4 is 27.7 Å². The number of amides is 1. The molecular formula is C10H6BrFN4O. The fraction of sp³-hybridized carbons (Fsp3) is 0. The van der Waals surface area contributed by atoms with Crippen LogP contribution in [0.3, 0.4) is 0 Å². The summed E-state index contributed by atoms with van der Waals surface area (Å²) in [5.41, 5.74) is 0.108. The molecule has 2 heterocycles. The van der Waals surface area contributed by atoms with Crippen LogP contribution in [-0.2, 0) is 0 Å². The second-order valence-corrected chi connectivity index (χ2v) is 3.85. The molecule has 2 rings (SSSR count). The maximum atomic E-state index is 12.6. The lowest BCUT2D eigenvalue weighted by Crippen LogP contribution is -2.14. The van der Waals surface area contributed by atoms with Crippen LogP contribution in [0.25, 0.3) is 0 Å². The summed E-state index contributed by atoms with van der Waals surface area (Å²) < 4.78 is 13.2. The van der Waals surface area contributed by atoms with E-state index < -0.39 is 11.7 Å². The third-order valence-electron chi connectivity index (χ3n) is 1.82. The highest BCUT2D eigenvalue weighted by molar-refractivity contribution is 9.10. The second kappa shape index (κ2) is 4.96. The molecule has 0 unspecified atom stereocenters. The summed E-state index contributed by atoms with van der Waals surface area (Å²) in [6.45, 7) is 0. The third-order valence-corrected chi connectivity index (χ3v) is 2.23. The number of aromatic nitrogens is 3.